The largest absolute Gasteiger partial charge is 0.501 e. The maximum absolute atomic E-state index is 6.20. The van der Waals surface area contributed by atoms with Crippen molar-refractivity contribution in [1.29, 1.82) is 0 Å². The minimum atomic E-state index is 0.0985. The molecule has 1 heterocycles. The standard InChI is InChI=1S/C14H19NO/c1-11-5-2-3-6-12(11)9-14(15)13-7-4-8-16-10-13/h2-3,5-6,10,14H,4,7-9,15H2,1H3. The van der Waals surface area contributed by atoms with E-state index in [2.05, 4.69) is 31.2 Å². The van der Waals surface area contributed by atoms with E-state index >= 15 is 0 Å². The Hall–Kier alpha value is -1.28. The Morgan fingerprint density at radius 3 is 2.88 bits per heavy atom. The second-order valence-corrected chi connectivity index (χ2v) is 4.40. The number of ether oxygens (including phenoxy) is 1. The molecule has 86 valence electrons. The third kappa shape index (κ3) is 2.64. The molecular formula is C14H19NO. The van der Waals surface area contributed by atoms with Crippen LogP contribution in [0.1, 0.15) is 24.0 Å². The molecule has 1 aliphatic heterocycles. The van der Waals surface area contributed by atoms with Crippen molar-refractivity contribution in [3.8, 4) is 0 Å². The predicted molar refractivity (Wildman–Crippen MR) is 66.1 cm³/mol. The molecule has 0 radical (unpaired) electrons. The minimum Gasteiger partial charge on any atom is -0.501 e. The van der Waals surface area contributed by atoms with Gasteiger partial charge >= 0.3 is 0 Å². The van der Waals surface area contributed by atoms with E-state index in [1.165, 1.54) is 16.7 Å². The number of aryl methyl sites for hydroxylation is 1. The van der Waals surface area contributed by atoms with Gasteiger partial charge in [0.1, 0.15) is 0 Å². The van der Waals surface area contributed by atoms with Crippen LogP contribution in [-0.2, 0) is 11.2 Å². The molecule has 1 aromatic rings. The molecule has 0 saturated carbocycles. The average molecular weight is 217 g/mol. The molecule has 2 N–H and O–H groups in total. The zero-order chi connectivity index (χ0) is 11.4. The normalized spacial score (nSPS) is 17.5. The number of rotatable bonds is 3. The molecular weight excluding hydrogens is 198 g/mol. The van der Waals surface area contributed by atoms with Crippen molar-refractivity contribution < 1.29 is 4.74 Å². The van der Waals surface area contributed by atoms with Gasteiger partial charge in [-0.15, -0.1) is 0 Å². The Morgan fingerprint density at radius 1 is 1.38 bits per heavy atom. The molecule has 2 nitrogen and oxygen atoms in total. The molecule has 0 saturated heterocycles. The summed E-state index contributed by atoms with van der Waals surface area (Å²) in [4.78, 5) is 0. The van der Waals surface area contributed by atoms with Crippen LogP contribution in [0.5, 0.6) is 0 Å². The van der Waals surface area contributed by atoms with Gasteiger partial charge in [-0.1, -0.05) is 24.3 Å². The van der Waals surface area contributed by atoms with Crippen molar-refractivity contribution in [2.45, 2.75) is 32.2 Å². The predicted octanol–water partition coefficient (Wildman–Crippen LogP) is 2.56. The smallest absolute Gasteiger partial charge is 0.0876 e. The maximum Gasteiger partial charge on any atom is 0.0876 e. The molecule has 0 aliphatic carbocycles. The molecule has 0 bridgehead atoms. The molecule has 1 aliphatic rings. The Kier molecular flexibility index (Phi) is 3.62. The number of hydrogen-bond acceptors (Lipinski definition) is 2. The minimum absolute atomic E-state index is 0.0985. The van der Waals surface area contributed by atoms with Crippen LogP contribution >= 0.6 is 0 Å². The lowest BCUT2D eigenvalue weighted by Crippen LogP contribution is -2.27. The molecule has 0 amide bonds. The highest BCUT2D eigenvalue weighted by atomic mass is 16.5. The molecule has 1 atom stereocenters. The highest BCUT2D eigenvalue weighted by molar-refractivity contribution is 5.28. The Balaban J connectivity index is 2.04. The first kappa shape index (κ1) is 11.2. The van der Waals surface area contributed by atoms with Gasteiger partial charge in [0, 0.05) is 6.04 Å². The summed E-state index contributed by atoms with van der Waals surface area (Å²) in [5.74, 6) is 0. The van der Waals surface area contributed by atoms with Crippen LogP contribution in [0.25, 0.3) is 0 Å². The second-order valence-electron chi connectivity index (χ2n) is 4.40. The van der Waals surface area contributed by atoms with Gasteiger partial charge in [0.15, 0.2) is 0 Å². The van der Waals surface area contributed by atoms with E-state index in [-0.39, 0.29) is 6.04 Å². The zero-order valence-electron chi connectivity index (χ0n) is 9.78. The van der Waals surface area contributed by atoms with Gasteiger partial charge in [-0.2, -0.15) is 0 Å². The van der Waals surface area contributed by atoms with Crippen molar-refractivity contribution >= 4 is 0 Å². The molecule has 0 spiro atoms. The van der Waals surface area contributed by atoms with Crippen LogP contribution in [0.3, 0.4) is 0 Å². The van der Waals surface area contributed by atoms with Gasteiger partial charge in [-0.3, -0.25) is 0 Å². The molecule has 0 fully saturated rings. The van der Waals surface area contributed by atoms with Crippen molar-refractivity contribution in [1.82, 2.24) is 0 Å². The van der Waals surface area contributed by atoms with Gasteiger partial charge in [-0.05, 0) is 42.9 Å². The Morgan fingerprint density at radius 2 is 2.19 bits per heavy atom. The SMILES string of the molecule is Cc1ccccc1CC(N)C1=COCCC1. The lowest BCUT2D eigenvalue weighted by atomic mass is 9.94. The van der Waals surface area contributed by atoms with E-state index < -0.39 is 0 Å². The fourth-order valence-electron chi connectivity index (χ4n) is 2.06. The van der Waals surface area contributed by atoms with Crippen molar-refractivity contribution in [3.05, 3.63) is 47.2 Å². The summed E-state index contributed by atoms with van der Waals surface area (Å²) in [7, 11) is 0. The monoisotopic (exact) mass is 217 g/mol. The highest BCUT2D eigenvalue weighted by Gasteiger charge is 2.14. The topological polar surface area (TPSA) is 35.2 Å². The van der Waals surface area contributed by atoms with E-state index in [0.717, 1.165) is 25.9 Å². The summed E-state index contributed by atoms with van der Waals surface area (Å²) in [5.41, 5.74) is 10.1. The molecule has 0 aromatic heterocycles. The Bertz CT molecular complexity index is 384. The van der Waals surface area contributed by atoms with Crippen molar-refractivity contribution in [2.24, 2.45) is 5.73 Å². The van der Waals surface area contributed by atoms with Gasteiger partial charge in [0.2, 0.25) is 0 Å². The third-order valence-electron chi connectivity index (χ3n) is 3.14. The van der Waals surface area contributed by atoms with Crippen LogP contribution in [0, 0.1) is 6.92 Å². The first-order chi connectivity index (χ1) is 7.77. The van der Waals surface area contributed by atoms with E-state index in [1.807, 2.05) is 6.26 Å². The van der Waals surface area contributed by atoms with Gasteiger partial charge < -0.3 is 10.5 Å². The lowest BCUT2D eigenvalue weighted by molar-refractivity contribution is 0.221. The molecule has 16 heavy (non-hydrogen) atoms. The first-order valence-corrected chi connectivity index (χ1v) is 5.88. The quantitative estimate of drug-likeness (QED) is 0.844. The number of hydrogen-bond donors (Lipinski definition) is 1. The summed E-state index contributed by atoms with van der Waals surface area (Å²) in [6, 6.07) is 8.52. The fourth-order valence-corrected chi connectivity index (χ4v) is 2.06. The maximum atomic E-state index is 6.20. The highest BCUT2D eigenvalue weighted by Crippen LogP contribution is 2.18. The van der Waals surface area contributed by atoms with Crippen LogP contribution in [0.15, 0.2) is 36.1 Å². The van der Waals surface area contributed by atoms with E-state index in [0.29, 0.717) is 0 Å². The van der Waals surface area contributed by atoms with E-state index in [4.69, 9.17) is 10.5 Å². The van der Waals surface area contributed by atoms with Crippen molar-refractivity contribution in [3.63, 3.8) is 0 Å². The molecule has 2 heteroatoms. The van der Waals surface area contributed by atoms with Crippen molar-refractivity contribution in [2.75, 3.05) is 6.61 Å². The van der Waals surface area contributed by atoms with Crippen LogP contribution in [0.4, 0.5) is 0 Å². The van der Waals surface area contributed by atoms with Crippen LogP contribution < -0.4 is 5.73 Å². The van der Waals surface area contributed by atoms with E-state index in [1.54, 1.807) is 0 Å². The van der Waals surface area contributed by atoms with E-state index in [9.17, 15) is 0 Å². The van der Waals surface area contributed by atoms with Crippen LogP contribution in [-0.4, -0.2) is 12.6 Å². The van der Waals surface area contributed by atoms with Gasteiger partial charge in [-0.25, -0.2) is 0 Å². The summed E-state index contributed by atoms with van der Waals surface area (Å²) in [6.07, 6.45) is 4.93. The fraction of sp³-hybridized carbons (Fsp3) is 0.429. The zero-order valence-corrected chi connectivity index (χ0v) is 9.78. The Labute approximate surface area is 97.1 Å². The lowest BCUT2D eigenvalue weighted by Gasteiger charge is -2.20. The molecule has 1 unspecified atom stereocenters. The number of nitrogens with two attached hydrogens (primary N) is 1. The third-order valence-corrected chi connectivity index (χ3v) is 3.14. The summed E-state index contributed by atoms with van der Waals surface area (Å²) in [5, 5.41) is 0. The molecule has 2 rings (SSSR count). The van der Waals surface area contributed by atoms with Gasteiger partial charge in [0.05, 0.1) is 12.9 Å². The summed E-state index contributed by atoms with van der Waals surface area (Å²) < 4.78 is 5.33. The molecule has 1 aromatic carbocycles. The van der Waals surface area contributed by atoms with Crippen LogP contribution in [0.2, 0.25) is 0 Å². The summed E-state index contributed by atoms with van der Waals surface area (Å²) >= 11 is 0. The first-order valence-electron chi connectivity index (χ1n) is 5.88. The second kappa shape index (κ2) is 5.17. The average Bonchev–Trinajstić information content (AvgIpc) is 2.33. The summed E-state index contributed by atoms with van der Waals surface area (Å²) in [6.45, 7) is 2.97. The number of benzene rings is 1. The van der Waals surface area contributed by atoms with Gasteiger partial charge in [0.25, 0.3) is 0 Å².